The molecule has 0 radical (unpaired) electrons. The summed E-state index contributed by atoms with van der Waals surface area (Å²) in [6.07, 6.45) is 7.57. The van der Waals surface area contributed by atoms with Gasteiger partial charge in [-0.1, -0.05) is 42.1 Å². The first-order valence-electron chi connectivity index (χ1n) is 5.21. The monoisotopic (exact) mass is 241 g/mol. The third-order valence-electron chi connectivity index (χ3n) is 2.09. The molecule has 0 bridgehead atoms. The fraction of sp³-hybridized carbons (Fsp3) is 0.154. The molecule has 1 aromatic carbocycles. The number of aromatic nitrogens is 3. The van der Waals surface area contributed by atoms with E-state index in [1.54, 1.807) is 6.20 Å². The zero-order valence-electron chi connectivity index (χ0n) is 9.21. The molecule has 4 heteroatoms. The zero-order chi connectivity index (χ0) is 11.9. The molecule has 2 aromatic rings. The first-order chi connectivity index (χ1) is 8.40. The molecule has 0 aliphatic carbocycles. The summed E-state index contributed by atoms with van der Waals surface area (Å²) in [5.41, 5.74) is 1.88. The molecule has 0 aliphatic rings. The Morgan fingerprint density at radius 1 is 1.24 bits per heavy atom. The number of benzene rings is 1. The standard InChI is InChI=1S/C13H11N3S/c1-2-3-9-17-13-15-12(10-14-16-13)11-7-5-4-6-8-11/h1,4-8,10H,3,9H2. The molecule has 1 heterocycles. The lowest BCUT2D eigenvalue weighted by Crippen LogP contribution is -1.93. The van der Waals surface area contributed by atoms with Crippen LogP contribution in [0.4, 0.5) is 0 Å². The second-order valence-electron chi connectivity index (χ2n) is 3.29. The summed E-state index contributed by atoms with van der Waals surface area (Å²) in [5.74, 6) is 3.40. The zero-order valence-corrected chi connectivity index (χ0v) is 10.0. The van der Waals surface area contributed by atoms with Crippen LogP contribution in [-0.2, 0) is 0 Å². The molecule has 2 rings (SSSR count). The minimum atomic E-state index is 0.668. The maximum Gasteiger partial charge on any atom is 0.209 e. The van der Waals surface area contributed by atoms with Gasteiger partial charge >= 0.3 is 0 Å². The smallest absolute Gasteiger partial charge is 0.209 e. The van der Waals surface area contributed by atoms with Crippen molar-refractivity contribution in [3.63, 3.8) is 0 Å². The maximum atomic E-state index is 5.19. The minimum Gasteiger partial charge on any atom is -0.219 e. The van der Waals surface area contributed by atoms with Crippen LogP contribution in [0.2, 0.25) is 0 Å². The summed E-state index contributed by atoms with van der Waals surface area (Å²) in [6, 6.07) is 9.92. The Morgan fingerprint density at radius 3 is 2.82 bits per heavy atom. The van der Waals surface area contributed by atoms with Gasteiger partial charge in [0.05, 0.1) is 11.9 Å². The van der Waals surface area contributed by atoms with Gasteiger partial charge in [-0.05, 0) is 0 Å². The van der Waals surface area contributed by atoms with Gasteiger partial charge in [0.2, 0.25) is 5.16 Å². The summed E-state index contributed by atoms with van der Waals surface area (Å²) in [4.78, 5) is 4.44. The molecule has 84 valence electrons. The highest BCUT2D eigenvalue weighted by molar-refractivity contribution is 7.99. The fourth-order valence-electron chi connectivity index (χ4n) is 1.30. The number of hydrogen-bond donors (Lipinski definition) is 0. The lowest BCUT2D eigenvalue weighted by atomic mass is 10.2. The Bertz CT molecular complexity index is 520. The number of nitrogens with zero attached hydrogens (tertiary/aromatic N) is 3. The maximum absolute atomic E-state index is 5.19. The van der Waals surface area contributed by atoms with E-state index in [0.717, 1.165) is 17.0 Å². The second-order valence-corrected chi connectivity index (χ2v) is 4.35. The van der Waals surface area contributed by atoms with Gasteiger partial charge < -0.3 is 0 Å². The summed E-state index contributed by atoms with van der Waals surface area (Å²) in [5, 5.41) is 8.59. The molecule has 0 N–H and O–H groups in total. The van der Waals surface area contributed by atoms with Crippen LogP contribution < -0.4 is 0 Å². The average Bonchev–Trinajstić information content (AvgIpc) is 2.41. The molecular formula is C13H11N3S. The van der Waals surface area contributed by atoms with Gasteiger partial charge in [-0.15, -0.1) is 17.4 Å². The van der Waals surface area contributed by atoms with Gasteiger partial charge in [0.25, 0.3) is 0 Å². The molecule has 17 heavy (non-hydrogen) atoms. The quantitative estimate of drug-likeness (QED) is 0.468. The summed E-state index contributed by atoms with van der Waals surface area (Å²) < 4.78 is 0. The van der Waals surface area contributed by atoms with Crippen molar-refractivity contribution in [2.24, 2.45) is 0 Å². The van der Waals surface area contributed by atoms with E-state index in [-0.39, 0.29) is 0 Å². The predicted molar refractivity (Wildman–Crippen MR) is 69.4 cm³/mol. The van der Waals surface area contributed by atoms with Gasteiger partial charge in [0, 0.05) is 17.7 Å². The fourth-order valence-corrected chi connectivity index (χ4v) is 1.97. The van der Waals surface area contributed by atoms with Crippen LogP contribution in [0.25, 0.3) is 11.3 Å². The van der Waals surface area contributed by atoms with Gasteiger partial charge in [0.1, 0.15) is 0 Å². The van der Waals surface area contributed by atoms with Gasteiger partial charge in [-0.3, -0.25) is 0 Å². The minimum absolute atomic E-state index is 0.668. The first-order valence-corrected chi connectivity index (χ1v) is 6.20. The highest BCUT2D eigenvalue weighted by Crippen LogP contribution is 2.18. The van der Waals surface area contributed by atoms with Crippen LogP contribution >= 0.6 is 11.8 Å². The molecule has 0 unspecified atom stereocenters. The molecule has 0 fully saturated rings. The SMILES string of the molecule is C#CCCSc1nncc(-c2ccccc2)n1. The number of terminal acetylenes is 1. The van der Waals surface area contributed by atoms with E-state index in [9.17, 15) is 0 Å². The molecule has 0 spiro atoms. The lowest BCUT2D eigenvalue weighted by molar-refractivity contribution is 0.844. The van der Waals surface area contributed by atoms with Crippen molar-refractivity contribution in [2.75, 3.05) is 5.75 Å². The van der Waals surface area contributed by atoms with Crippen molar-refractivity contribution in [1.29, 1.82) is 0 Å². The lowest BCUT2D eigenvalue weighted by Gasteiger charge is -2.01. The van der Waals surface area contributed by atoms with E-state index in [2.05, 4.69) is 21.1 Å². The Hall–Kier alpha value is -1.86. The van der Waals surface area contributed by atoms with Crippen molar-refractivity contribution < 1.29 is 0 Å². The van der Waals surface area contributed by atoms with Gasteiger partial charge in [-0.2, -0.15) is 5.10 Å². The van der Waals surface area contributed by atoms with E-state index < -0.39 is 0 Å². The molecule has 0 aliphatic heterocycles. The largest absolute Gasteiger partial charge is 0.219 e. The van der Waals surface area contributed by atoms with E-state index in [1.165, 1.54) is 11.8 Å². The van der Waals surface area contributed by atoms with Gasteiger partial charge in [-0.25, -0.2) is 4.98 Å². The molecule has 3 nitrogen and oxygen atoms in total. The summed E-state index contributed by atoms with van der Waals surface area (Å²) >= 11 is 1.53. The predicted octanol–water partition coefficient (Wildman–Crippen LogP) is 2.65. The molecular weight excluding hydrogens is 230 g/mol. The molecule has 0 atom stereocenters. The Balaban J connectivity index is 2.15. The average molecular weight is 241 g/mol. The summed E-state index contributed by atoms with van der Waals surface area (Å²) in [7, 11) is 0. The highest BCUT2D eigenvalue weighted by Gasteiger charge is 2.02. The van der Waals surface area contributed by atoms with E-state index >= 15 is 0 Å². The Morgan fingerprint density at radius 2 is 2.06 bits per heavy atom. The van der Waals surface area contributed by atoms with Crippen molar-refractivity contribution in [1.82, 2.24) is 15.2 Å². The van der Waals surface area contributed by atoms with E-state index in [4.69, 9.17) is 6.42 Å². The van der Waals surface area contributed by atoms with Gasteiger partial charge in [0.15, 0.2) is 0 Å². The van der Waals surface area contributed by atoms with Crippen LogP contribution in [0.15, 0.2) is 41.7 Å². The van der Waals surface area contributed by atoms with Crippen LogP contribution in [0.3, 0.4) is 0 Å². The third-order valence-corrected chi connectivity index (χ3v) is 2.93. The molecule has 0 saturated carbocycles. The summed E-state index contributed by atoms with van der Waals surface area (Å²) in [6.45, 7) is 0. The second kappa shape index (κ2) is 6.02. The van der Waals surface area contributed by atoms with Crippen LogP contribution in [0.1, 0.15) is 6.42 Å². The number of thioether (sulfide) groups is 1. The topological polar surface area (TPSA) is 38.7 Å². The van der Waals surface area contributed by atoms with Crippen LogP contribution in [0.5, 0.6) is 0 Å². The molecule has 0 saturated heterocycles. The molecule has 0 amide bonds. The van der Waals surface area contributed by atoms with Crippen molar-refractivity contribution >= 4 is 11.8 Å². The Kier molecular flexibility index (Phi) is 4.11. The number of rotatable bonds is 4. The number of hydrogen-bond acceptors (Lipinski definition) is 4. The highest BCUT2D eigenvalue weighted by atomic mass is 32.2. The van der Waals surface area contributed by atoms with Crippen LogP contribution in [0, 0.1) is 12.3 Å². The van der Waals surface area contributed by atoms with Crippen molar-refractivity contribution in [2.45, 2.75) is 11.6 Å². The molecule has 1 aromatic heterocycles. The third kappa shape index (κ3) is 3.30. The van der Waals surface area contributed by atoms with Crippen LogP contribution in [-0.4, -0.2) is 20.9 Å². The van der Waals surface area contributed by atoms with Crippen molar-refractivity contribution in [3.05, 3.63) is 36.5 Å². The normalized spacial score (nSPS) is 9.82. The van der Waals surface area contributed by atoms with Crippen molar-refractivity contribution in [3.8, 4) is 23.6 Å². The van der Waals surface area contributed by atoms with E-state index in [1.807, 2.05) is 30.3 Å². The van der Waals surface area contributed by atoms with E-state index in [0.29, 0.717) is 11.6 Å². The first kappa shape index (κ1) is 11.6. The Labute approximate surface area is 105 Å².